The van der Waals surface area contributed by atoms with Gasteiger partial charge in [-0.15, -0.1) is 6.58 Å². The maximum absolute atomic E-state index is 11.4. The average Bonchev–Trinajstić information content (AvgIpc) is 2.34. The molecule has 1 atom stereocenters. The van der Waals surface area contributed by atoms with Crippen LogP contribution in [0.1, 0.15) is 40.0 Å². The van der Waals surface area contributed by atoms with Gasteiger partial charge in [-0.1, -0.05) is 29.4 Å². The largest absolute Gasteiger partial charge is 0.336 e. The third kappa shape index (κ3) is 4.52. The lowest BCUT2D eigenvalue weighted by Crippen LogP contribution is -2.29. The summed E-state index contributed by atoms with van der Waals surface area (Å²) in [4.78, 5) is 13.2. The Morgan fingerprint density at radius 2 is 2.22 bits per heavy atom. The molecule has 0 spiro atoms. The number of carbonyl (C=O) groups excluding carboxylic acids is 1. The Balaban J connectivity index is 2.55. The van der Waals surface area contributed by atoms with Crippen LogP contribution >= 0.6 is 0 Å². The van der Waals surface area contributed by atoms with Gasteiger partial charge >= 0.3 is 0 Å². The second-order valence-electron chi connectivity index (χ2n) is 5.18. The van der Waals surface area contributed by atoms with E-state index in [2.05, 4.69) is 32.6 Å². The van der Waals surface area contributed by atoms with Gasteiger partial charge in [0.2, 0.25) is 5.91 Å². The molecule has 2 nitrogen and oxygen atoms in total. The van der Waals surface area contributed by atoms with Gasteiger partial charge in [0.25, 0.3) is 0 Å². The van der Waals surface area contributed by atoms with Crippen molar-refractivity contribution >= 4 is 5.91 Å². The van der Waals surface area contributed by atoms with E-state index in [4.69, 9.17) is 0 Å². The van der Waals surface area contributed by atoms with Gasteiger partial charge in [-0.25, -0.2) is 0 Å². The fraction of sp³-hybridized carbons (Fsp3) is 0.562. The van der Waals surface area contributed by atoms with Gasteiger partial charge in [0.1, 0.15) is 0 Å². The number of nitrogens with zero attached hydrogens (tertiary/aromatic N) is 1. The summed E-state index contributed by atoms with van der Waals surface area (Å²) in [6, 6.07) is 0. The van der Waals surface area contributed by atoms with Crippen molar-refractivity contribution in [3.8, 4) is 0 Å². The van der Waals surface area contributed by atoms with Crippen molar-refractivity contribution in [1.29, 1.82) is 0 Å². The molecule has 2 heteroatoms. The van der Waals surface area contributed by atoms with E-state index in [1.807, 2.05) is 0 Å². The molecule has 1 amide bonds. The molecule has 0 fully saturated rings. The van der Waals surface area contributed by atoms with Gasteiger partial charge in [0.05, 0.1) is 0 Å². The van der Waals surface area contributed by atoms with Crippen LogP contribution < -0.4 is 0 Å². The maximum Gasteiger partial charge on any atom is 0.220 e. The van der Waals surface area contributed by atoms with Crippen molar-refractivity contribution in [2.24, 2.45) is 5.92 Å². The van der Waals surface area contributed by atoms with E-state index in [0.29, 0.717) is 19.0 Å². The molecule has 0 aromatic rings. The lowest BCUT2D eigenvalue weighted by atomic mass is 9.85. The molecule has 0 saturated carbocycles. The molecule has 18 heavy (non-hydrogen) atoms. The van der Waals surface area contributed by atoms with Crippen LogP contribution in [0.5, 0.6) is 0 Å². The molecule has 0 aromatic heterocycles. The average molecular weight is 247 g/mol. The summed E-state index contributed by atoms with van der Waals surface area (Å²) < 4.78 is 0. The normalized spacial score (nSPS) is 20.3. The van der Waals surface area contributed by atoms with Crippen molar-refractivity contribution in [3.05, 3.63) is 36.0 Å². The van der Waals surface area contributed by atoms with Gasteiger partial charge < -0.3 is 4.90 Å². The summed E-state index contributed by atoms with van der Waals surface area (Å²) in [5.41, 5.74) is 2.92. The first-order chi connectivity index (χ1) is 8.54. The van der Waals surface area contributed by atoms with Gasteiger partial charge in [-0.2, -0.15) is 0 Å². The number of allylic oxidation sites excluding steroid dienone is 3. The molecule has 0 aliphatic heterocycles. The Labute approximate surface area is 111 Å². The Hall–Kier alpha value is -1.31. The Morgan fingerprint density at radius 3 is 2.72 bits per heavy atom. The smallest absolute Gasteiger partial charge is 0.220 e. The Kier molecular flexibility index (Phi) is 5.90. The lowest BCUT2D eigenvalue weighted by Gasteiger charge is -2.23. The highest BCUT2D eigenvalue weighted by molar-refractivity contribution is 5.73. The minimum absolute atomic E-state index is 0.110. The summed E-state index contributed by atoms with van der Waals surface area (Å²) in [6.07, 6.45) is 9.92. The van der Waals surface area contributed by atoms with E-state index in [9.17, 15) is 4.79 Å². The molecule has 0 heterocycles. The molecule has 1 aliphatic rings. The van der Waals surface area contributed by atoms with Crippen molar-refractivity contribution < 1.29 is 4.79 Å². The van der Waals surface area contributed by atoms with E-state index < -0.39 is 0 Å². The summed E-state index contributed by atoms with van der Waals surface area (Å²) in [5.74, 6) is 0.768. The lowest BCUT2D eigenvalue weighted by molar-refractivity contribution is -0.127. The van der Waals surface area contributed by atoms with E-state index in [0.717, 1.165) is 6.42 Å². The second-order valence-corrected chi connectivity index (χ2v) is 5.18. The first-order valence-electron chi connectivity index (χ1n) is 6.73. The van der Waals surface area contributed by atoms with Crippen LogP contribution in [-0.2, 0) is 4.79 Å². The molecule has 1 unspecified atom stereocenters. The zero-order valence-electron chi connectivity index (χ0n) is 11.9. The highest BCUT2D eigenvalue weighted by atomic mass is 16.2. The number of hydrogen-bond acceptors (Lipinski definition) is 1. The summed E-state index contributed by atoms with van der Waals surface area (Å²) in [6.45, 7) is 11.0. The van der Waals surface area contributed by atoms with Crippen LogP contribution in [0.2, 0.25) is 0 Å². The molecule has 100 valence electrons. The highest BCUT2D eigenvalue weighted by Crippen LogP contribution is 2.28. The number of amides is 1. The molecule has 0 aromatic carbocycles. The zero-order valence-corrected chi connectivity index (χ0v) is 11.9. The van der Waals surface area contributed by atoms with Gasteiger partial charge in [0.15, 0.2) is 0 Å². The van der Waals surface area contributed by atoms with Crippen molar-refractivity contribution in [1.82, 2.24) is 4.90 Å². The van der Waals surface area contributed by atoms with Crippen LogP contribution in [0, 0.1) is 5.92 Å². The van der Waals surface area contributed by atoms with Crippen molar-refractivity contribution in [2.45, 2.75) is 40.0 Å². The predicted octanol–water partition coefficient (Wildman–Crippen LogP) is 3.71. The van der Waals surface area contributed by atoms with Crippen LogP contribution in [-0.4, -0.2) is 23.9 Å². The summed E-state index contributed by atoms with van der Waals surface area (Å²) >= 11 is 0. The van der Waals surface area contributed by atoms with E-state index in [1.165, 1.54) is 24.0 Å². The van der Waals surface area contributed by atoms with Crippen LogP contribution in [0.3, 0.4) is 0 Å². The third-order valence-electron chi connectivity index (χ3n) is 3.71. The van der Waals surface area contributed by atoms with Crippen LogP contribution in [0.25, 0.3) is 0 Å². The van der Waals surface area contributed by atoms with Crippen LogP contribution in [0.15, 0.2) is 36.0 Å². The minimum atomic E-state index is 0.110. The first-order valence-corrected chi connectivity index (χ1v) is 6.73. The van der Waals surface area contributed by atoms with Crippen molar-refractivity contribution in [3.63, 3.8) is 0 Å². The highest BCUT2D eigenvalue weighted by Gasteiger charge is 2.14. The standard InChI is InChI=1S/C16H25NO/c1-5-11-17(15(4)18)12-10-14(3)16-8-6-13(2)7-9-16/h5-6,10,16H,1,7-9,11-12H2,2-4H3/b14-10+. The molecule has 0 bridgehead atoms. The predicted molar refractivity (Wildman–Crippen MR) is 77.3 cm³/mol. The number of carbonyl (C=O) groups is 1. The van der Waals surface area contributed by atoms with Gasteiger partial charge in [0, 0.05) is 20.0 Å². The maximum atomic E-state index is 11.4. The van der Waals surface area contributed by atoms with Crippen molar-refractivity contribution in [2.75, 3.05) is 13.1 Å². The Bertz CT molecular complexity index is 365. The summed E-state index contributed by atoms with van der Waals surface area (Å²) in [5, 5.41) is 0. The zero-order chi connectivity index (χ0) is 13.5. The Morgan fingerprint density at radius 1 is 1.50 bits per heavy atom. The molecule has 0 radical (unpaired) electrons. The van der Waals surface area contributed by atoms with Crippen LogP contribution in [0.4, 0.5) is 0 Å². The number of rotatable bonds is 5. The monoisotopic (exact) mass is 247 g/mol. The second kappa shape index (κ2) is 7.20. The topological polar surface area (TPSA) is 20.3 Å². The minimum Gasteiger partial charge on any atom is -0.336 e. The van der Waals surface area contributed by atoms with Gasteiger partial charge in [-0.3, -0.25) is 4.79 Å². The van der Waals surface area contributed by atoms with Gasteiger partial charge in [-0.05, 0) is 39.0 Å². The van der Waals surface area contributed by atoms with E-state index >= 15 is 0 Å². The summed E-state index contributed by atoms with van der Waals surface area (Å²) in [7, 11) is 0. The first kappa shape index (κ1) is 14.7. The molecular formula is C16H25NO. The number of hydrogen-bond donors (Lipinski definition) is 0. The molecule has 0 saturated heterocycles. The molecule has 0 N–H and O–H groups in total. The van der Waals surface area contributed by atoms with E-state index in [-0.39, 0.29) is 5.91 Å². The van der Waals surface area contributed by atoms with E-state index in [1.54, 1.807) is 17.9 Å². The fourth-order valence-corrected chi connectivity index (χ4v) is 2.29. The third-order valence-corrected chi connectivity index (χ3v) is 3.71. The quantitative estimate of drug-likeness (QED) is 0.678. The SMILES string of the molecule is C=CCN(C/C=C(\C)C1CC=C(C)CC1)C(C)=O. The molecule has 1 rings (SSSR count). The molecule has 1 aliphatic carbocycles. The fourth-order valence-electron chi connectivity index (χ4n) is 2.29. The molecular weight excluding hydrogens is 222 g/mol.